The summed E-state index contributed by atoms with van der Waals surface area (Å²) in [5.41, 5.74) is 1.17. The third kappa shape index (κ3) is 6.49. The second kappa shape index (κ2) is 13.1. The molecule has 7 heteroatoms. The summed E-state index contributed by atoms with van der Waals surface area (Å²) in [6, 6.07) is 22.9. The Balaban J connectivity index is 1.77. The number of rotatable bonds is 12. The predicted molar refractivity (Wildman–Crippen MR) is 152 cm³/mol. The van der Waals surface area contributed by atoms with E-state index in [1.807, 2.05) is 61.5 Å². The van der Waals surface area contributed by atoms with Crippen LogP contribution in [0.1, 0.15) is 44.4 Å². The van der Waals surface area contributed by atoms with E-state index in [-0.39, 0.29) is 11.3 Å². The molecule has 0 bridgehead atoms. The summed E-state index contributed by atoms with van der Waals surface area (Å²) in [5.74, 6) is 0.288. The van der Waals surface area contributed by atoms with E-state index in [4.69, 9.17) is 9.47 Å². The Bertz CT molecular complexity index is 1320. The molecule has 1 N–H and O–H groups in total. The molecular formula is C32H36N2O5. The number of benzene rings is 3. The number of nitrogens with zero attached hydrogens (tertiary/aromatic N) is 2. The number of likely N-dealkylation sites (N-methyl/N-ethyl adjacent to an activating group) is 1. The lowest BCUT2D eigenvalue weighted by molar-refractivity contribution is -0.140. The van der Waals surface area contributed by atoms with E-state index in [0.717, 1.165) is 19.5 Å². The lowest BCUT2D eigenvalue weighted by Gasteiger charge is -2.28. The molecule has 1 amide bonds. The first kappa shape index (κ1) is 27.9. The fourth-order valence-electron chi connectivity index (χ4n) is 4.73. The minimum absolute atomic E-state index is 0.0593. The van der Waals surface area contributed by atoms with Gasteiger partial charge in [0.1, 0.15) is 23.0 Å². The van der Waals surface area contributed by atoms with E-state index in [2.05, 4.69) is 18.7 Å². The predicted octanol–water partition coefficient (Wildman–Crippen LogP) is 6.03. The number of ketones is 1. The molecule has 1 fully saturated rings. The molecule has 0 radical (unpaired) electrons. The zero-order valence-electron chi connectivity index (χ0n) is 22.8. The maximum absolute atomic E-state index is 13.4. The molecule has 1 aliphatic rings. The van der Waals surface area contributed by atoms with Crippen LogP contribution in [0.5, 0.6) is 17.2 Å². The van der Waals surface area contributed by atoms with Crippen LogP contribution < -0.4 is 9.47 Å². The summed E-state index contributed by atoms with van der Waals surface area (Å²) in [5, 5.41) is 11.5. The van der Waals surface area contributed by atoms with Crippen LogP contribution in [-0.2, 0) is 9.59 Å². The van der Waals surface area contributed by atoms with Gasteiger partial charge in [-0.1, -0.05) is 63.2 Å². The van der Waals surface area contributed by atoms with E-state index in [1.54, 1.807) is 29.2 Å². The minimum Gasteiger partial charge on any atom is -0.507 e. The molecule has 7 nitrogen and oxygen atoms in total. The van der Waals surface area contributed by atoms with E-state index in [0.29, 0.717) is 48.1 Å². The molecule has 0 aromatic heterocycles. The molecule has 3 aromatic rings. The second-order valence-electron chi connectivity index (χ2n) is 9.38. The molecule has 1 unspecified atom stereocenters. The zero-order valence-corrected chi connectivity index (χ0v) is 22.8. The Kier molecular flexibility index (Phi) is 9.39. The van der Waals surface area contributed by atoms with Crippen LogP contribution in [0.4, 0.5) is 0 Å². The fraction of sp³-hybridized carbons (Fsp3) is 0.312. The summed E-state index contributed by atoms with van der Waals surface area (Å²) in [6.45, 7) is 9.29. The van der Waals surface area contributed by atoms with Crippen molar-refractivity contribution in [2.45, 2.75) is 33.2 Å². The zero-order chi connectivity index (χ0) is 27.8. The maximum Gasteiger partial charge on any atom is 0.295 e. The number of Topliss-reactive ketones (excluding diaryl/α,β-unsaturated/α-hetero) is 1. The van der Waals surface area contributed by atoms with Crippen LogP contribution in [-0.4, -0.2) is 59.4 Å². The number of aliphatic hydroxyl groups excluding tert-OH is 1. The molecule has 4 rings (SSSR count). The quantitative estimate of drug-likeness (QED) is 0.176. The second-order valence-corrected chi connectivity index (χ2v) is 9.38. The van der Waals surface area contributed by atoms with E-state index >= 15 is 0 Å². The Hall–Kier alpha value is -4.10. The Labute approximate surface area is 230 Å². The molecule has 0 saturated carbocycles. The van der Waals surface area contributed by atoms with Gasteiger partial charge in [-0.05, 0) is 61.5 Å². The molecule has 1 aliphatic heterocycles. The third-order valence-electron chi connectivity index (χ3n) is 6.82. The van der Waals surface area contributed by atoms with Crippen molar-refractivity contribution in [2.24, 2.45) is 0 Å². The Morgan fingerprint density at radius 3 is 2.28 bits per heavy atom. The largest absolute Gasteiger partial charge is 0.507 e. The van der Waals surface area contributed by atoms with E-state index in [9.17, 15) is 14.7 Å². The van der Waals surface area contributed by atoms with Gasteiger partial charge in [0.15, 0.2) is 0 Å². The highest BCUT2D eigenvalue weighted by molar-refractivity contribution is 6.46. The van der Waals surface area contributed by atoms with Gasteiger partial charge in [-0.25, -0.2) is 0 Å². The molecule has 1 saturated heterocycles. The number of para-hydroxylation sites is 1. The van der Waals surface area contributed by atoms with Crippen LogP contribution in [0.3, 0.4) is 0 Å². The van der Waals surface area contributed by atoms with Gasteiger partial charge in [-0.2, -0.15) is 0 Å². The van der Waals surface area contributed by atoms with Crippen molar-refractivity contribution in [3.63, 3.8) is 0 Å². The number of amides is 1. The molecule has 0 aliphatic carbocycles. The maximum atomic E-state index is 13.4. The smallest absolute Gasteiger partial charge is 0.295 e. The summed E-state index contributed by atoms with van der Waals surface area (Å²) in [4.78, 5) is 30.6. The van der Waals surface area contributed by atoms with E-state index < -0.39 is 17.7 Å². The molecule has 3 aromatic carbocycles. The van der Waals surface area contributed by atoms with Crippen molar-refractivity contribution in [3.05, 3.63) is 95.6 Å². The van der Waals surface area contributed by atoms with Gasteiger partial charge in [0.05, 0.1) is 18.2 Å². The number of likely N-dealkylation sites (tertiary alicyclic amines) is 1. The molecule has 0 spiro atoms. The third-order valence-corrected chi connectivity index (χ3v) is 6.82. The molecule has 204 valence electrons. The first-order chi connectivity index (χ1) is 19.0. The summed E-state index contributed by atoms with van der Waals surface area (Å²) >= 11 is 0. The number of ether oxygens (including phenoxy) is 2. The van der Waals surface area contributed by atoms with Crippen molar-refractivity contribution in [1.82, 2.24) is 9.80 Å². The van der Waals surface area contributed by atoms with Crippen LogP contribution in [0.2, 0.25) is 0 Å². The highest BCUT2D eigenvalue weighted by Crippen LogP contribution is 2.40. The first-order valence-electron chi connectivity index (χ1n) is 13.5. The van der Waals surface area contributed by atoms with Crippen molar-refractivity contribution in [2.75, 3.05) is 32.8 Å². The van der Waals surface area contributed by atoms with Crippen molar-refractivity contribution in [1.29, 1.82) is 0 Å². The van der Waals surface area contributed by atoms with Crippen molar-refractivity contribution >= 4 is 17.4 Å². The van der Waals surface area contributed by atoms with Crippen LogP contribution in [0.15, 0.2) is 84.4 Å². The number of carbonyl (C=O) groups is 2. The Morgan fingerprint density at radius 1 is 0.872 bits per heavy atom. The summed E-state index contributed by atoms with van der Waals surface area (Å²) in [7, 11) is 0. The topological polar surface area (TPSA) is 79.3 Å². The van der Waals surface area contributed by atoms with Crippen LogP contribution in [0, 0.1) is 0 Å². The summed E-state index contributed by atoms with van der Waals surface area (Å²) < 4.78 is 11.8. The van der Waals surface area contributed by atoms with Gasteiger partial charge in [0.2, 0.25) is 0 Å². The van der Waals surface area contributed by atoms with Crippen LogP contribution in [0.25, 0.3) is 5.76 Å². The van der Waals surface area contributed by atoms with Gasteiger partial charge in [0.25, 0.3) is 11.7 Å². The van der Waals surface area contributed by atoms with Gasteiger partial charge in [-0.3, -0.25) is 9.59 Å². The fourth-order valence-corrected chi connectivity index (χ4v) is 4.73. The standard InChI is InChI=1S/C32H36N2O5/c1-4-20-38-26-16-11-13-24(22-26)30(35)28-29(34(32(37)31(28)36)19-18-33(5-2)6-3)23-12-10-17-27(21-23)39-25-14-8-7-9-15-25/h7-17,21-22,29,35H,4-6,18-20H2,1-3H3/b30-28+. The first-order valence-corrected chi connectivity index (χ1v) is 13.5. The number of hydrogen-bond donors (Lipinski definition) is 1. The van der Waals surface area contributed by atoms with Crippen molar-refractivity contribution in [3.8, 4) is 17.2 Å². The van der Waals surface area contributed by atoms with Gasteiger partial charge in [0, 0.05) is 18.7 Å². The van der Waals surface area contributed by atoms with Crippen LogP contribution >= 0.6 is 0 Å². The summed E-state index contributed by atoms with van der Waals surface area (Å²) in [6.07, 6.45) is 0.843. The molecule has 1 heterocycles. The Morgan fingerprint density at radius 2 is 1.56 bits per heavy atom. The lowest BCUT2D eigenvalue weighted by atomic mass is 9.95. The number of carbonyl (C=O) groups excluding carboxylic acids is 2. The number of hydrogen-bond acceptors (Lipinski definition) is 6. The van der Waals surface area contributed by atoms with Gasteiger partial charge in [-0.15, -0.1) is 0 Å². The average Bonchev–Trinajstić information content (AvgIpc) is 3.22. The van der Waals surface area contributed by atoms with E-state index in [1.165, 1.54) is 0 Å². The van der Waals surface area contributed by atoms with Crippen molar-refractivity contribution < 1.29 is 24.2 Å². The monoisotopic (exact) mass is 528 g/mol. The van der Waals surface area contributed by atoms with Gasteiger partial charge >= 0.3 is 0 Å². The lowest BCUT2D eigenvalue weighted by Crippen LogP contribution is -2.38. The normalized spacial score (nSPS) is 16.6. The number of aliphatic hydroxyl groups is 1. The highest BCUT2D eigenvalue weighted by Gasteiger charge is 2.46. The SMILES string of the molecule is CCCOc1cccc(/C(O)=C2\C(=O)C(=O)N(CCN(CC)CC)C2c2cccc(Oc3ccccc3)c2)c1. The average molecular weight is 529 g/mol. The molecular weight excluding hydrogens is 492 g/mol. The minimum atomic E-state index is -0.764. The highest BCUT2D eigenvalue weighted by atomic mass is 16.5. The molecule has 39 heavy (non-hydrogen) atoms. The van der Waals surface area contributed by atoms with Gasteiger partial charge < -0.3 is 24.4 Å². The molecule has 1 atom stereocenters.